The predicted octanol–water partition coefficient (Wildman–Crippen LogP) is 3.97. The number of anilines is 1. The fourth-order valence-electron chi connectivity index (χ4n) is 3.19. The summed E-state index contributed by atoms with van der Waals surface area (Å²) in [4.78, 5) is 16.5. The lowest BCUT2D eigenvalue weighted by atomic mass is 10.2. The lowest BCUT2D eigenvalue weighted by molar-refractivity contribution is -0.130. The monoisotopic (exact) mass is 481 g/mol. The van der Waals surface area contributed by atoms with Crippen molar-refractivity contribution in [2.75, 3.05) is 37.2 Å². The number of carbonyl (C=O) groups is 1. The number of nitrogens with zero attached hydrogens (tertiary/aromatic N) is 4. The SMILES string of the molecule is O=C(CSc1nnc(NCc2ccco2)s1)N1CCN(Cc2c(F)cccc2Cl)CC1. The Balaban J connectivity index is 1.20. The lowest BCUT2D eigenvalue weighted by Gasteiger charge is -2.34. The van der Waals surface area contributed by atoms with Crippen molar-refractivity contribution in [1.29, 1.82) is 0 Å². The molecule has 0 bridgehead atoms. The van der Waals surface area contributed by atoms with Gasteiger partial charge in [-0.1, -0.05) is 40.8 Å². The van der Waals surface area contributed by atoms with Gasteiger partial charge in [0.2, 0.25) is 11.0 Å². The van der Waals surface area contributed by atoms with Gasteiger partial charge in [0.05, 0.1) is 18.6 Å². The number of hydrogen-bond donors (Lipinski definition) is 1. The number of nitrogens with one attached hydrogen (secondary N) is 1. The molecule has 4 rings (SSSR count). The average molecular weight is 482 g/mol. The Morgan fingerprint density at radius 3 is 2.81 bits per heavy atom. The highest BCUT2D eigenvalue weighted by Gasteiger charge is 2.23. The Morgan fingerprint density at radius 1 is 1.23 bits per heavy atom. The van der Waals surface area contributed by atoms with E-state index in [1.165, 1.54) is 29.2 Å². The summed E-state index contributed by atoms with van der Waals surface area (Å²) in [6.45, 7) is 3.56. The third-order valence-electron chi connectivity index (χ3n) is 4.89. The van der Waals surface area contributed by atoms with Crippen LogP contribution in [0.3, 0.4) is 0 Å². The van der Waals surface area contributed by atoms with E-state index in [9.17, 15) is 9.18 Å². The second-order valence-corrected chi connectivity index (χ2v) is 9.56. The van der Waals surface area contributed by atoms with Crippen LogP contribution in [-0.4, -0.2) is 57.8 Å². The van der Waals surface area contributed by atoms with Gasteiger partial charge in [0, 0.05) is 43.3 Å². The molecule has 0 atom stereocenters. The van der Waals surface area contributed by atoms with E-state index in [2.05, 4.69) is 20.4 Å². The van der Waals surface area contributed by atoms with Crippen LogP contribution in [0.5, 0.6) is 0 Å². The summed E-state index contributed by atoms with van der Waals surface area (Å²) in [5.41, 5.74) is 0.507. The van der Waals surface area contributed by atoms with E-state index in [0.717, 1.165) is 10.1 Å². The van der Waals surface area contributed by atoms with Crippen molar-refractivity contribution < 1.29 is 13.6 Å². The Bertz CT molecular complexity index is 989. The molecule has 0 spiro atoms. The first-order chi connectivity index (χ1) is 15.1. The molecular weight excluding hydrogens is 461 g/mol. The average Bonchev–Trinajstić information content (AvgIpc) is 3.45. The van der Waals surface area contributed by atoms with Crippen LogP contribution >= 0.6 is 34.7 Å². The molecular formula is C20H21ClFN5O2S2. The van der Waals surface area contributed by atoms with Crippen molar-refractivity contribution in [3.05, 3.63) is 58.8 Å². The summed E-state index contributed by atoms with van der Waals surface area (Å²) in [6, 6.07) is 8.43. The highest BCUT2D eigenvalue weighted by molar-refractivity contribution is 8.01. The van der Waals surface area contributed by atoms with Crippen LogP contribution in [0.1, 0.15) is 11.3 Å². The first kappa shape index (κ1) is 22.1. The fraction of sp³-hybridized carbons (Fsp3) is 0.350. The van der Waals surface area contributed by atoms with Crippen LogP contribution in [0.4, 0.5) is 9.52 Å². The first-order valence-corrected chi connectivity index (χ1v) is 11.9. The second kappa shape index (κ2) is 10.4. The van der Waals surface area contributed by atoms with Gasteiger partial charge in [-0.2, -0.15) is 0 Å². The summed E-state index contributed by atoms with van der Waals surface area (Å²) < 4.78 is 20.0. The number of aromatic nitrogens is 2. The van der Waals surface area contributed by atoms with Gasteiger partial charge < -0.3 is 14.6 Å². The van der Waals surface area contributed by atoms with Gasteiger partial charge in [-0.25, -0.2) is 4.39 Å². The maximum atomic E-state index is 14.0. The molecule has 1 N–H and O–H groups in total. The minimum Gasteiger partial charge on any atom is -0.467 e. The van der Waals surface area contributed by atoms with E-state index in [0.29, 0.717) is 60.7 Å². The molecule has 164 valence electrons. The molecule has 2 aromatic heterocycles. The van der Waals surface area contributed by atoms with E-state index in [1.54, 1.807) is 18.4 Å². The summed E-state index contributed by atoms with van der Waals surface area (Å²) in [6.07, 6.45) is 1.62. The molecule has 7 nitrogen and oxygen atoms in total. The summed E-state index contributed by atoms with van der Waals surface area (Å²) in [5, 5.41) is 12.5. The van der Waals surface area contributed by atoms with E-state index in [4.69, 9.17) is 16.0 Å². The Labute approximate surface area is 192 Å². The number of furan rings is 1. The zero-order valence-corrected chi connectivity index (χ0v) is 19.0. The van der Waals surface area contributed by atoms with Gasteiger partial charge in [0.15, 0.2) is 4.34 Å². The maximum absolute atomic E-state index is 14.0. The van der Waals surface area contributed by atoms with Gasteiger partial charge in [-0.3, -0.25) is 9.69 Å². The first-order valence-electron chi connectivity index (χ1n) is 9.74. The lowest BCUT2D eigenvalue weighted by Crippen LogP contribution is -2.48. The Kier molecular flexibility index (Phi) is 7.44. The standard InChI is InChI=1S/C20H21ClFN5O2S2/c21-16-4-1-5-17(22)15(16)12-26-6-8-27(9-7-26)18(28)13-30-20-25-24-19(31-20)23-11-14-3-2-10-29-14/h1-5,10H,6-9,11-13H2,(H,23,24). The number of thioether (sulfide) groups is 1. The maximum Gasteiger partial charge on any atom is 0.233 e. The third kappa shape index (κ3) is 5.97. The molecule has 1 amide bonds. The molecule has 0 unspecified atom stereocenters. The number of piperazine rings is 1. The van der Waals surface area contributed by atoms with Crippen molar-refractivity contribution in [2.24, 2.45) is 0 Å². The van der Waals surface area contributed by atoms with Gasteiger partial charge in [-0.15, -0.1) is 10.2 Å². The quantitative estimate of drug-likeness (QED) is 0.488. The van der Waals surface area contributed by atoms with E-state index in [-0.39, 0.29) is 11.7 Å². The molecule has 1 aromatic carbocycles. The normalized spacial score (nSPS) is 14.7. The number of rotatable bonds is 8. The Hall–Kier alpha value is -2.14. The van der Waals surface area contributed by atoms with E-state index >= 15 is 0 Å². The van der Waals surface area contributed by atoms with Gasteiger partial charge in [0.1, 0.15) is 11.6 Å². The van der Waals surface area contributed by atoms with Crippen molar-refractivity contribution in [3.8, 4) is 0 Å². The molecule has 0 aliphatic carbocycles. The number of amides is 1. The van der Waals surface area contributed by atoms with Gasteiger partial charge in [0.25, 0.3) is 0 Å². The number of benzene rings is 1. The van der Waals surface area contributed by atoms with Crippen LogP contribution in [0.15, 0.2) is 45.4 Å². The van der Waals surface area contributed by atoms with Gasteiger partial charge in [-0.05, 0) is 24.3 Å². The van der Waals surface area contributed by atoms with Crippen molar-refractivity contribution in [2.45, 2.75) is 17.4 Å². The van der Waals surface area contributed by atoms with E-state index < -0.39 is 0 Å². The van der Waals surface area contributed by atoms with Crippen molar-refractivity contribution in [1.82, 2.24) is 20.0 Å². The molecule has 1 aliphatic heterocycles. The third-order valence-corrected chi connectivity index (χ3v) is 7.24. The highest BCUT2D eigenvalue weighted by Crippen LogP contribution is 2.26. The molecule has 0 saturated carbocycles. The molecule has 1 fully saturated rings. The largest absolute Gasteiger partial charge is 0.467 e. The number of halogens is 2. The summed E-state index contributed by atoms with van der Waals surface area (Å²) in [5.74, 6) is 0.897. The zero-order chi connectivity index (χ0) is 21.6. The van der Waals surface area contributed by atoms with Crippen LogP contribution in [0.25, 0.3) is 0 Å². The summed E-state index contributed by atoms with van der Waals surface area (Å²) >= 11 is 8.91. The smallest absolute Gasteiger partial charge is 0.233 e. The molecule has 1 saturated heterocycles. The fourth-order valence-corrected chi connectivity index (χ4v) is 5.07. The zero-order valence-electron chi connectivity index (χ0n) is 16.6. The van der Waals surface area contributed by atoms with Crippen LogP contribution in [0, 0.1) is 5.82 Å². The summed E-state index contributed by atoms with van der Waals surface area (Å²) in [7, 11) is 0. The molecule has 31 heavy (non-hydrogen) atoms. The molecule has 11 heteroatoms. The van der Waals surface area contributed by atoms with Crippen molar-refractivity contribution >= 4 is 45.7 Å². The Morgan fingerprint density at radius 2 is 2.06 bits per heavy atom. The molecule has 3 aromatic rings. The second-order valence-electron chi connectivity index (χ2n) is 6.95. The van der Waals surface area contributed by atoms with Crippen molar-refractivity contribution in [3.63, 3.8) is 0 Å². The molecule has 3 heterocycles. The minimum absolute atomic E-state index is 0.0638. The molecule has 1 aliphatic rings. The van der Waals surface area contributed by atoms with Crippen LogP contribution < -0.4 is 5.32 Å². The number of carbonyl (C=O) groups excluding carboxylic acids is 1. The van der Waals surface area contributed by atoms with E-state index in [1.807, 2.05) is 17.0 Å². The topological polar surface area (TPSA) is 74.5 Å². The highest BCUT2D eigenvalue weighted by atomic mass is 35.5. The number of hydrogen-bond acceptors (Lipinski definition) is 8. The predicted molar refractivity (Wildman–Crippen MR) is 120 cm³/mol. The minimum atomic E-state index is -0.294. The van der Waals surface area contributed by atoms with Crippen LogP contribution in [0.2, 0.25) is 5.02 Å². The van der Waals surface area contributed by atoms with Crippen LogP contribution in [-0.2, 0) is 17.9 Å². The van der Waals surface area contributed by atoms with Gasteiger partial charge >= 0.3 is 0 Å². The molecule has 0 radical (unpaired) electrons.